The van der Waals surface area contributed by atoms with Crippen molar-refractivity contribution in [1.29, 1.82) is 0 Å². The van der Waals surface area contributed by atoms with Crippen molar-refractivity contribution in [3.63, 3.8) is 0 Å². The van der Waals surface area contributed by atoms with Crippen LogP contribution in [0.1, 0.15) is 38.8 Å². The van der Waals surface area contributed by atoms with Gasteiger partial charge in [-0.1, -0.05) is 6.07 Å². The van der Waals surface area contributed by atoms with Crippen molar-refractivity contribution in [1.82, 2.24) is 0 Å². The molecule has 148 valence electrons. The van der Waals surface area contributed by atoms with Gasteiger partial charge in [-0.25, -0.2) is 13.2 Å². The molecular weight excluding hydrogens is 380 g/mol. The minimum atomic E-state index is -3.38. The van der Waals surface area contributed by atoms with Crippen LogP contribution in [0, 0.1) is 6.92 Å². The molecule has 0 aliphatic carbocycles. The van der Waals surface area contributed by atoms with Crippen LogP contribution in [0.5, 0.6) is 0 Å². The number of rotatable bonds is 4. The average molecular weight is 402 g/mol. The number of methoxy groups -OCH3 is 1. The molecular formula is C20H22N2O5S. The Bertz CT molecular complexity index is 1060. The third-order valence-electron chi connectivity index (χ3n) is 4.76. The van der Waals surface area contributed by atoms with Crippen LogP contribution in [0.25, 0.3) is 0 Å². The lowest BCUT2D eigenvalue weighted by atomic mass is 10.1. The van der Waals surface area contributed by atoms with Crippen molar-refractivity contribution in [3.8, 4) is 0 Å². The first-order chi connectivity index (χ1) is 13.1. The normalized spacial score (nSPS) is 15.9. The van der Waals surface area contributed by atoms with Crippen LogP contribution in [0.4, 0.5) is 11.4 Å². The van der Waals surface area contributed by atoms with Crippen LogP contribution in [0.2, 0.25) is 0 Å². The molecule has 0 aromatic heterocycles. The van der Waals surface area contributed by atoms with E-state index in [1.807, 2.05) is 13.8 Å². The molecule has 2 aromatic carbocycles. The molecule has 3 rings (SSSR count). The molecule has 1 amide bonds. The van der Waals surface area contributed by atoms with E-state index in [2.05, 4.69) is 5.32 Å². The third kappa shape index (κ3) is 3.73. The van der Waals surface area contributed by atoms with E-state index in [0.717, 1.165) is 11.1 Å². The monoisotopic (exact) mass is 402 g/mol. The molecule has 0 fully saturated rings. The van der Waals surface area contributed by atoms with Crippen molar-refractivity contribution >= 4 is 33.3 Å². The minimum Gasteiger partial charge on any atom is -0.465 e. The summed E-state index contributed by atoms with van der Waals surface area (Å²) in [5, 5.41) is 2.81. The van der Waals surface area contributed by atoms with E-state index in [-0.39, 0.29) is 11.9 Å². The number of carbonyl (C=O) groups excluding carboxylic acids is 2. The number of amides is 1. The molecule has 28 heavy (non-hydrogen) atoms. The Morgan fingerprint density at radius 3 is 2.46 bits per heavy atom. The van der Waals surface area contributed by atoms with Crippen molar-refractivity contribution in [2.75, 3.05) is 23.0 Å². The van der Waals surface area contributed by atoms with Gasteiger partial charge in [-0.05, 0) is 61.7 Å². The number of sulfonamides is 1. The van der Waals surface area contributed by atoms with Gasteiger partial charge in [0.05, 0.1) is 24.6 Å². The van der Waals surface area contributed by atoms with Crippen LogP contribution < -0.4 is 9.62 Å². The summed E-state index contributed by atoms with van der Waals surface area (Å²) < 4.78 is 30.1. The van der Waals surface area contributed by atoms with Crippen molar-refractivity contribution in [2.45, 2.75) is 26.3 Å². The summed E-state index contributed by atoms with van der Waals surface area (Å²) in [5.74, 6) is -0.818. The number of nitrogens with zero attached hydrogens (tertiary/aromatic N) is 1. The second kappa shape index (κ2) is 7.27. The Morgan fingerprint density at radius 1 is 1.14 bits per heavy atom. The number of esters is 1. The van der Waals surface area contributed by atoms with E-state index in [0.29, 0.717) is 28.9 Å². The Balaban J connectivity index is 1.88. The van der Waals surface area contributed by atoms with Crippen LogP contribution in [-0.2, 0) is 21.2 Å². The zero-order valence-electron chi connectivity index (χ0n) is 16.1. The fourth-order valence-electron chi connectivity index (χ4n) is 3.45. The topological polar surface area (TPSA) is 92.8 Å². The minimum absolute atomic E-state index is 0.192. The zero-order chi connectivity index (χ0) is 20.6. The lowest BCUT2D eigenvalue weighted by molar-refractivity contribution is 0.0600. The van der Waals surface area contributed by atoms with Gasteiger partial charge in [0, 0.05) is 17.3 Å². The average Bonchev–Trinajstić information content (AvgIpc) is 2.97. The molecule has 2 aromatic rings. The van der Waals surface area contributed by atoms with Gasteiger partial charge in [0.15, 0.2) is 0 Å². The number of ether oxygens (including phenoxy) is 1. The van der Waals surface area contributed by atoms with Gasteiger partial charge in [0.25, 0.3) is 5.91 Å². The predicted octanol–water partition coefficient (Wildman–Crippen LogP) is 2.74. The standard InChI is InChI=1S/C20H22N2O5S/c1-12-5-6-15(20(24)27-3)11-17(12)21-19(23)14-7-8-18-16(10-14)9-13(2)22(18)28(4,25)26/h5-8,10-11,13H,9H2,1-4H3,(H,21,23). The van der Waals surface area contributed by atoms with Gasteiger partial charge in [0.2, 0.25) is 10.0 Å². The van der Waals surface area contributed by atoms with E-state index >= 15 is 0 Å². The van der Waals surface area contributed by atoms with Crippen molar-refractivity contribution in [2.24, 2.45) is 0 Å². The molecule has 0 saturated heterocycles. The third-order valence-corrected chi connectivity index (χ3v) is 6.03. The van der Waals surface area contributed by atoms with Gasteiger partial charge in [0.1, 0.15) is 0 Å². The molecule has 0 spiro atoms. The molecule has 1 N–H and O–H groups in total. The number of anilines is 2. The predicted molar refractivity (Wildman–Crippen MR) is 107 cm³/mol. The summed E-state index contributed by atoms with van der Waals surface area (Å²) in [4.78, 5) is 24.4. The number of hydrogen-bond acceptors (Lipinski definition) is 5. The second-order valence-electron chi connectivity index (χ2n) is 6.93. The highest BCUT2D eigenvalue weighted by Gasteiger charge is 2.32. The highest BCUT2D eigenvalue weighted by molar-refractivity contribution is 7.92. The quantitative estimate of drug-likeness (QED) is 0.794. The van der Waals surface area contributed by atoms with Gasteiger partial charge in [-0.2, -0.15) is 0 Å². The molecule has 0 bridgehead atoms. The van der Waals surface area contributed by atoms with E-state index in [1.165, 1.54) is 17.7 Å². The molecule has 1 unspecified atom stereocenters. The summed E-state index contributed by atoms with van der Waals surface area (Å²) >= 11 is 0. The van der Waals surface area contributed by atoms with E-state index in [9.17, 15) is 18.0 Å². The number of benzene rings is 2. The molecule has 0 saturated carbocycles. The maximum absolute atomic E-state index is 12.7. The Labute approximate surface area is 164 Å². The zero-order valence-corrected chi connectivity index (χ0v) is 17.0. The van der Waals surface area contributed by atoms with Crippen LogP contribution in [0.15, 0.2) is 36.4 Å². The summed E-state index contributed by atoms with van der Waals surface area (Å²) in [6, 6.07) is 9.72. The Kier molecular flexibility index (Phi) is 5.16. The molecule has 1 atom stereocenters. The first kappa shape index (κ1) is 19.9. The Hall–Kier alpha value is -2.87. The van der Waals surface area contributed by atoms with Crippen LogP contribution in [0.3, 0.4) is 0 Å². The summed E-state index contributed by atoms with van der Waals surface area (Å²) in [6.45, 7) is 3.66. The summed E-state index contributed by atoms with van der Waals surface area (Å²) in [7, 11) is -2.08. The van der Waals surface area contributed by atoms with Crippen LogP contribution in [-0.4, -0.2) is 39.7 Å². The van der Waals surface area contributed by atoms with E-state index in [1.54, 1.807) is 36.4 Å². The SMILES string of the molecule is COC(=O)c1ccc(C)c(NC(=O)c2ccc3c(c2)CC(C)N3S(C)(=O)=O)c1. The molecule has 1 aliphatic heterocycles. The molecule has 1 heterocycles. The fraction of sp³-hybridized carbons (Fsp3) is 0.300. The highest BCUT2D eigenvalue weighted by atomic mass is 32.2. The van der Waals surface area contributed by atoms with Crippen molar-refractivity contribution in [3.05, 3.63) is 58.7 Å². The number of aryl methyl sites for hydroxylation is 1. The first-order valence-electron chi connectivity index (χ1n) is 8.74. The van der Waals surface area contributed by atoms with Gasteiger partial charge in [-0.3, -0.25) is 9.10 Å². The number of fused-ring (bicyclic) bond motifs is 1. The maximum Gasteiger partial charge on any atom is 0.337 e. The van der Waals surface area contributed by atoms with Crippen molar-refractivity contribution < 1.29 is 22.7 Å². The van der Waals surface area contributed by atoms with Gasteiger partial charge in [-0.15, -0.1) is 0 Å². The van der Waals surface area contributed by atoms with E-state index in [4.69, 9.17) is 4.74 Å². The van der Waals surface area contributed by atoms with Gasteiger partial charge >= 0.3 is 5.97 Å². The van der Waals surface area contributed by atoms with Crippen LogP contribution >= 0.6 is 0 Å². The number of nitrogens with one attached hydrogen (secondary N) is 1. The molecule has 8 heteroatoms. The number of hydrogen-bond donors (Lipinski definition) is 1. The van der Waals surface area contributed by atoms with E-state index < -0.39 is 16.0 Å². The fourth-order valence-corrected chi connectivity index (χ4v) is 4.71. The summed E-state index contributed by atoms with van der Waals surface area (Å²) in [6.07, 6.45) is 1.72. The highest BCUT2D eigenvalue weighted by Crippen LogP contribution is 2.34. The molecule has 0 radical (unpaired) electrons. The van der Waals surface area contributed by atoms with Gasteiger partial charge < -0.3 is 10.1 Å². The molecule has 1 aliphatic rings. The molecule has 7 nitrogen and oxygen atoms in total. The summed E-state index contributed by atoms with van der Waals surface area (Å²) in [5.41, 5.74) is 3.50. The second-order valence-corrected chi connectivity index (χ2v) is 8.79. The Morgan fingerprint density at radius 2 is 1.82 bits per heavy atom. The largest absolute Gasteiger partial charge is 0.465 e. The first-order valence-corrected chi connectivity index (χ1v) is 10.6. The lowest BCUT2D eigenvalue weighted by Gasteiger charge is -2.21. The number of carbonyl (C=O) groups is 2. The smallest absolute Gasteiger partial charge is 0.337 e. The lowest BCUT2D eigenvalue weighted by Crippen LogP contribution is -2.34. The maximum atomic E-state index is 12.7.